The van der Waals surface area contributed by atoms with Gasteiger partial charge in [-0.15, -0.1) is 0 Å². The normalized spacial score (nSPS) is 10.6. The Morgan fingerprint density at radius 1 is 0.909 bits per heavy atom. The summed E-state index contributed by atoms with van der Waals surface area (Å²) in [5.41, 5.74) is 5.64. The zero-order chi connectivity index (χ0) is 23.4. The Morgan fingerprint density at radius 3 is 2.06 bits per heavy atom. The summed E-state index contributed by atoms with van der Waals surface area (Å²) in [4.78, 5) is 25.1. The van der Waals surface area contributed by atoms with E-state index in [1.54, 1.807) is 21.3 Å². The van der Waals surface area contributed by atoms with Crippen molar-refractivity contribution in [2.75, 3.05) is 7.11 Å². The number of rotatable bonds is 6. The van der Waals surface area contributed by atoms with Crippen LogP contribution in [0.25, 0.3) is 28.1 Å². The molecule has 0 unspecified atom stereocenters. The number of ether oxygens (including phenoxy) is 1. The molecule has 0 spiro atoms. The molecule has 0 amide bonds. The van der Waals surface area contributed by atoms with Crippen LogP contribution in [-0.4, -0.2) is 22.2 Å². The second kappa shape index (κ2) is 9.41. The van der Waals surface area contributed by atoms with E-state index in [0.29, 0.717) is 5.56 Å². The molecular formula is C27H23N3O3. The second-order valence-corrected chi connectivity index (χ2v) is 7.63. The van der Waals surface area contributed by atoms with Crippen LogP contribution < -0.4 is 5.69 Å². The van der Waals surface area contributed by atoms with E-state index in [1.807, 2.05) is 73.7 Å². The van der Waals surface area contributed by atoms with Gasteiger partial charge in [0.15, 0.2) is 0 Å². The van der Waals surface area contributed by atoms with Crippen LogP contribution in [0.1, 0.15) is 17.7 Å². The van der Waals surface area contributed by atoms with Gasteiger partial charge in [0.05, 0.1) is 36.5 Å². The molecule has 0 N–H and O–H groups in total. The standard InChI is InChI=1S/C27H23N3O3/c1-19-26(23-14-12-22(13-15-23)21-10-8-20(18-28)9-11-21)30(24-6-4-3-5-7-24)27(32)29(19)17-16-25(31)33-2/h3-15H,16-17H2,1-2H3. The quantitative estimate of drug-likeness (QED) is 0.409. The lowest BCUT2D eigenvalue weighted by molar-refractivity contribution is -0.140. The van der Waals surface area contributed by atoms with Crippen molar-refractivity contribution < 1.29 is 9.53 Å². The van der Waals surface area contributed by atoms with Gasteiger partial charge < -0.3 is 4.74 Å². The fraction of sp³-hybridized carbons (Fsp3) is 0.148. The zero-order valence-corrected chi connectivity index (χ0v) is 18.5. The van der Waals surface area contributed by atoms with Gasteiger partial charge in [0.2, 0.25) is 0 Å². The summed E-state index contributed by atoms with van der Waals surface area (Å²) < 4.78 is 8.05. The number of para-hydroxylation sites is 1. The molecule has 0 saturated heterocycles. The maximum Gasteiger partial charge on any atom is 0.333 e. The van der Waals surface area contributed by atoms with Gasteiger partial charge in [0.25, 0.3) is 0 Å². The van der Waals surface area contributed by atoms with Crippen molar-refractivity contribution in [1.29, 1.82) is 5.26 Å². The second-order valence-electron chi connectivity index (χ2n) is 7.63. The minimum absolute atomic E-state index is 0.118. The highest BCUT2D eigenvalue weighted by Gasteiger charge is 2.20. The van der Waals surface area contributed by atoms with Gasteiger partial charge in [-0.3, -0.25) is 13.9 Å². The number of hydrogen-bond donors (Lipinski definition) is 0. The van der Waals surface area contributed by atoms with Crippen molar-refractivity contribution in [3.63, 3.8) is 0 Å². The molecular weight excluding hydrogens is 414 g/mol. The first kappa shape index (κ1) is 21.8. The maximum absolute atomic E-state index is 13.4. The van der Waals surface area contributed by atoms with E-state index in [4.69, 9.17) is 10.00 Å². The van der Waals surface area contributed by atoms with Crippen LogP contribution in [0.5, 0.6) is 0 Å². The van der Waals surface area contributed by atoms with Crippen LogP contribution in [0.3, 0.4) is 0 Å². The van der Waals surface area contributed by atoms with Crippen molar-refractivity contribution in [3.8, 4) is 34.1 Å². The van der Waals surface area contributed by atoms with Crippen LogP contribution in [0.15, 0.2) is 83.7 Å². The lowest BCUT2D eigenvalue weighted by Crippen LogP contribution is -2.25. The highest BCUT2D eigenvalue weighted by Crippen LogP contribution is 2.29. The summed E-state index contributed by atoms with van der Waals surface area (Å²) in [6.45, 7) is 2.13. The Balaban J connectivity index is 1.79. The predicted octanol–water partition coefficient (Wildman–Crippen LogP) is 4.72. The molecule has 164 valence electrons. The van der Waals surface area contributed by atoms with Crippen LogP contribution in [0, 0.1) is 18.3 Å². The summed E-state index contributed by atoms with van der Waals surface area (Å²) in [5, 5.41) is 9.01. The van der Waals surface area contributed by atoms with E-state index in [0.717, 1.165) is 33.8 Å². The van der Waals surface area contributed by atoms with Crippen LogP contribution in [0.4, 0.5) is 0 Å². The Morgan fingerprint density at radius 2 is 1.48 bits per heavy atom. The average Bonchev–Trinajstić information content (AvgIpc) is 3.12. The molecule has 4 aromatic rings. The van der Waals surface area contributed by atoms with Gasteiger partial charge in [-0.1, -0.05) is 54.6 Å². The largest absolute Gasteiger partial charge is 0.469 e. The van der Waals surface area contributed by atoms with E-state index in [9.17, 15) is 9.59 Å². The van der Waals surface area contributed by atoms with Gasteiger partial charge in [-0.05, 0) is 42.3 Å². The number of hydrogen-bond acceptors (Lipinski definition) is 4. The Kier molecular flexibility index (Phi) is 6.23. The van der Waals surface area contributed by atoms with E-state index in [-0.39, 0.29) is 24.6 Å². The smallest absolute Gasteiger partial charge is 0.333 e. The van der Waals surface area contributed by atoms with Crippen LogP contribution in [0.2, 0.25) is 0 Å². The first-order chi connectivity index (χ1) is 16.0. The zero-order valence-electron chi connectivity index (χ0n) is 18.5. The molecule has 1 heterocycles. The monoisotopic (exact) mass is 437 g/mol. The number of imidazole rings is 1. The molecule has 0 fully saturated rings. The van der Waals surface area contributed by atoms with Crippen molar-refractivity contribution in [3.05, 3.63) is 101 Å². The topological polar surface area (TPSA) is 77.0 Å². The number of benzene rings is 3. The van der Waals surface area contributed by atoms with Crippen molar-refractivity contribution in [1.82, 2.24) is 9.13 Å². The first-order valence-corrected chi connectivity index (χ1v) is 10.6. The van der Waals surface area contributed by atoms with Gasteiger partial charge >= 0.3 is 11.7 Å². The maximum atomic E-state index is 13.4. The molecule has 0 aliphatic rings. The molecule has 0 radical (unpaired) electrons. The molecule has 0 aliphatic carbocycles. The van der Waals surface area contributed by atoms with Gasteiger partial charge in [-0.25, -0.2) is 4.79 Å². The molecule has 0 bridgehead atoms. The fourth-order valence-corrected chi connectivity index (χ4v) is 3.93. The van der Waals surface area contributed by atoms with Crippen LogP contribution in [-0.2, 0) is 16.1 Å². The fourth-order valence-electron chi connectivity index (χ4n) is 3.93. The minimum atomic E-state index is -0.359. The molecule has 0 atom stereocenters. The molecule has 33 heavy (non-hydrogen) atoms. The molecule has 4 rings (SSSR count). The number of esters is 1. The summed E-state index contributed by atoms with van der Waals surface area (Å²) >= 11 is 0. The third-order valence-electron chi connectivity index (χ3n) is 5.68. The van der Waals surface area contributed by atoms with Crippen molar-refractivity contribution >= 4 is 5.97 Å². The van der Waals surface area contributed by atoms with Gasteiger partial charge in [0.1, 0.15) is 0 Å². The third-order valence-corrected chi connectivity index (χ3v) is 5.68. The number of aromatic nitrogens is 2. The molecule has 0 saturated carbocycles. The van der Waals surface area contributed by atoms with Crippen molar-refractivity contribution in [2.24, 2.45) is 0 Å². The van der Waals surface area contributed by atoms with E-state index >= 15 is 0 Å². The first-order valence-electron chi connectivity index (χ1n) is 10.6. The molecule has 3 aromatic carbocycles. The number of methoxy groups -OCH3 is 1. The summed E-state index contributed by atoms with van der Waals surface area (Å²) in [7, 11) is 1.34. The number of nitriles is 1. The minimum Gasteiger partial charge on any atom is -0.469 e. The number of nitrogens with zero attached hydrogens (tertiary/aromatic N) is 3. The Bertz CT molecular complexity index is 1370. The van der Waals surface area contributed by atoms with Crippen LogP contribution >= 0.6 is 0 Å². The molecule has 6 heteroatoms. The molecule has 1 aromatic heterocycles. The average molecular weight is 437 g/mol. The molecule has 6 nitrogen and oxygen atoms in total. The summed E-state index contributed by atoms with van der Waals surface area (Å²) in [6, 6.07) is 27.0. The summed E-state index contributed by atoms with van der Waals surface area (Å²) in [5.74, 6) is -0.359. The number of carbonyl (C=O) groups is 1. The SMILES string of the molecule is COC(=O)CCn1c(C)c(-c2ccc(-c3ccc(C#N)cc3)cc2)n(-c2ccccc2)c1=O. The number of carbonyl (C=O) groups excluding carboxylic acids is 1. The lowest BCUT2D eigenvalue weighted by atomic mass is 10.0. The molecule has 0 aliphatic heterocycles. The van der Waals surface area contributed by atoms with E-state index in [2.05, 4.69) is 6.07 Å². The predicted molar refractivity (Wildman–Crippen MR) is 127 cm³/mol. The Hall–Kier alpha value is -4.37. The van der Waals surface area contributed by atoms with E-state index < -0.39 is 0 Å². The summed E-state index contributed by atoms with van der Waals surface area (Å²) in [6.07, 6.45) is 0.118. The van der Waals surface area contributed by atoms with Crippen molar-refractivity contribution in [2.45, 2.75) is 19.9 Å². The van der Waals surface area contributed by atoms with Gasteiger partial charge in [0, 0.05) is 17.8 Å². The lowest BCUT2D eigenvalue weighted by Gasteiger charge is -2.10. The Labute approximate surface area is 191 Å². The van der Waals surface area contributed by atoms with E-state index in [1.165, 1.54) is 7.11 Å². The highest BCUT2D eigenvalue weighted by atomic mass is 16.5. The highest BCUT2D eigenvalue weighted by molar-refractivity contribution is 5.72. The van der Waals surface area contributed by atoms with Gasteiger partial charge in [-0.2, -0.15) is 5.26 Å². The third kappa shape index (κ3) is 4.35.